The molecule has 122 valence electrons. The Morgan fingerprint density at radius 2 is 1.96 bits per heavy atom. The van der Waals surface area contributed by atoms with Crippen molar-refractivity contribution < 1.29 is 9.53 Å². The lowest BCUT2D eigenvalue weighted by Gasteiger charge is -2.25. The number of benzene rings is 2. The molecule has 0 saturated carbocycles. The number of hydrogen-bond acceptors (Lipinski definition) is 2. The van der Waals surface area contributed by atoms with Crippen molar-refractivity contribution >= 4 is 17.6 Å². The Kier molecular flexibility index (Phi) is 5.12. The molecule has 0 N–H and O–H groups in total. The summed E-state index contributed by atoms with van der Waals surface area (Å²) in [7, 11) is 1.64. The molecule has 0 unspecified atom stereocenters. The van der Waals surface area contributed by atoms with Gasteiger partial charge in [0.25, 0.3) is 0 Å². The highest BCUT2D eigenvalue weighted by Gasteiger charge is 2.15. The highest BCUT2D eigenvalue weighted by molar-refractivity contribution is 5.92. The lowest BCUT2D eigenvalue weighted by atomic mass is 9.99. The number of methoxy groups -OCH3 is 1. The predicted molar refractivity (Wildman–Crippen MR) is 97.6 cm³/mol. The minimum absolute atomic E-state index is 0.0428. The summed E-state index contributed by atoms with van der Waals surface area (Å²) in [5.41, 5.74) is 3.52. The lowest BCUT2D eigenvalue weighted by molar-refractivity contribution is -0.125. The van der Waals surface area contributed by atoms with Crippen molar-refractivity contribution in [1.82, 2.24) is 4.90 Å². The molecule has 0 bridgehead atoms. The van der Waals surface area contributed by atoms with Crippen LogP contribution in [0.25, 0.3) is 11.6 Å². The SMILES string of the molecule is COc1cccc(C=CC(=O)N2CC=C(c3ccccc3)CC2)c1. The number of amides is 1. The average Bonchev–Trinajstić information content (AvgIpc) is 2.67. The van der Waals surface area contributed by atoms with Gasteiger partial charge in [-0.3, -0.25) is 4.79 Å². The van der Waals surface area contributed by atoms with Crippen LogP contribution in [0.3, 0.4) is 0 Å². The summed E-state index contributed by atoms with van der Waals surface area (Å²) in [6, 6.07) is 18.0. The molecular formula is C21H21NO2. The number of hydrogen-bond donors (Lipinski definition) is 0. The van der Waals surface area contributed by atoms with Gasteiger partial charge >= 0.3 is 0 Å². The molecule has 2 aromatic rings. The van der Waals surface area contributed by atoms with Gasteiger partial charge in [-0.15, -0.1) is 0 Å². The molecule has 24 heavy (non-hydrogen) atoms. The first-order valence-corrected chi connectivity index (χ1v) is 8.12. The third-order valence-electron chi connectivity index (χ3n) is 4.18. The van der Waals surface area contributed by atoms with Crippen LogP contribution in [-0.4, -0.2) is 31.0 Å². The summed E-state index contributed by atoms with van der Waals surface area (Å²) in [6.45, 7) is 1.41. The Labute approximate surface area is 142 Å². The van der Waals surface area contributed by atoms with Gasteiger partial charge in [-0.05, 0) is 41.3 Å². The van der Waals surface area contributed by atoms with E-state index in [1.54, 1.807) is 13.2 Å². The maximum Gasteiger partial charge on any atom is 0.246 e. The van der Waals surface area contributed by atoms with Crippen molar-refractivity contribution in [2.75, 3.05) is 20.2 Å². The van der Waals surface area contributed by atoms with Crippen LogP contribution in [0.5, 0.6) is 5.75 Å². The molecule has 0 aliphatic carbocycles. The van der Waals surface area contributed by atoms with E-state index in [-0.39, 0.29) is 5.91 Å². The number of carbonyl (C=O) groups excluding carboxylic acids is 1. The third kappa shape index (κ3) is 3.93. The minimum Gasteiger partial charge on any atom is -0.497 e. The van der Waals surface area contributed by atoms with Crippen LogP contribution >= 0.6 is 0 Å². The van der Waals surface area contributed by atoms with Crippen molar-refractivity contribution in [1.29, 1.82) is 0 Å². The number of ether oxygens (including phenoxy) is 1. The van der Waals surface area contributed by atoms with E-state index in [1.807, 2.05) is 53.4 Å². The maximum absolute atomic E-state index is 12.3. The number of carbonyl (C=O) groups is 1. The molecule has 3 rings (SSSR count). The van der Waals surface area contributed by atoms with E-state index in [0.29, 0.717) is 6.54 Å². The largest absolute Gasteiger partial charge is 0.497 e. The highest BCUT2D eigenvalue weighted by Crippen LogP contribution is 2.22. The highest BCUT2D eigenvalue weighted by atomic mass is 16.5. The molecule has 1 amide bonds. The standard InChI is InChI=1S/C21H21NO2/c1-24-20-9-5-6-17(16-20)10-11-21(23)22-14-12-19(13-15-22)18-7-3-2-4-8-18/h2-12,16H,13-15H2,1H3. The molecule has 0 aromatic heterocycles. The smallest absolute Gasteiger partial charge is 0.246 e. The Morgan fingerprint density at radius 3 is 2.67 bits per heavy atom. The molecule has 1 heterocycles. The second-order valence-corrected chi connectivity index (χ2v) is 5.74. The number of rotatable bonds is 4. The van der Waals surface area contributed by atoms with Gasteiger partial charge in [0.1, 0.15) is 5.75 Å². The zero-order valence-electron chi connectivity index (χ0n) is 13.8. The molecule has 0 saturated heterocycles. The molecule has 0 atom stereocenters. The molecule has 1 aliphatic rings. The van der Waals surface area contributed by atoms with Gasteiger partial charge in [0.15, 0.2) is 0 Å². The van der Waals surface area contributed by atoms with Crippen LogP contribution in [-0.2, 0) is 4.79 Å². The summed E-state index contributed by atoms with van der Waals surface area (Å²) >= 11 is 0. The van der Waals surface area contributed by atoms with E-state index >= 15 is 0 Å². The molecule has 3 heteroatoms. The van der Waals surface area contributed by atoms with Crippen molar-refractivity contribution in [2.45, 2.75) is 6.42 Å². The van der Waals surface area contributed by atoms with Gasteiger partial charge in [0.05, 0.1) is 7.11 Å². The van der Waals surface area contributed by atoms with E-state index in [4.69, 9.17) is 4.74 Å². The third-order valence-corrected chi connectivity index (χ3v) is 4.18. The Hall–Kier alpha value is -2.81. The van der Waals surface area contributed by atoms with E-state index in [9.17, 15) is 4.79 Å². The summed E-state index contributed by atoms with van der Waals surface area (Å²) in [5, 5.41) is 0. The van der Waals surface area contributed by atoms with Gasteiger partial charge in [0.2, 0.25) is 5.91 Å². The van der Waals surface area contributed by atoms with Gasteiger partial charge < -0.3 is 9.64 Å². The van der Waals surface area contributed by atoms with Crippen molar-refractivity contribution in [2.24, 2.45) is 0 Å². The Bertz CT molecular complexity index is 762. The van der Waals surface area contributed by atoms with Gasteiger partial charge in [0, 0.05) is 19.2 Å². The fourth-order valence-electron chi connectivity index (χ4n) is 2.80. The van der Waals surface area contributed by atoms with Crippen molar-refractivity contribution in [3.05, 3.63) is 77.9 Å². The van der Waals surface area contributed by atoms with Crippen LogP contribution in [0.4, 0.5) is 0 Å². The van der Waals surface area contributed by atoms with Crippen LogP contribution in [0.2, 0.25) is 0 Å². The van der Waals surface area contributed by atoms with Crippen LogP contribution in [0.1, 0.15) is 17.5 Å². The molecule has 0 radical (unpaired) electrons. The van der Waals surface area contributed by atoms with Crippen molar-refractivity contribution in [3.63, 3.8) is 0 Å². The second kappa shape index (κ2) is 7.64. The zero-order chi connectivity index (χ0) is 16.8. The normalized spacial score (nSPS) is 14.5. The van der Waals surface area contributed by atoms with E-state index in [2.05, 4.69) is 18.2 Å². The molecule has 0 fully saturated rings. The first-order chi connectivity index (χ1) is 11.8. The summed E-state index contributed by atoms with van der Waals surface area (Å²) in [4.78, 5) is 14.2. The lowest BCUT2D eigenvalue weighted by Crippen LogP contribution is -2.33. The monoisotopic (exact) mass is 319 g/mol. The summed E-state index contributed by atoms with van der Waals surface area (Å²) in [6.07, 6.45) is 6.51. The van der Waals surface area contributed by atoms with E-state index < -0.39 is 0 Å². The first-order valence-electron chi connectivity index (χ1n) is 8.12. The summed E-state index contributed by atoms with van der Waals surface area (Å²) < 4.78 is 5.19. The van der Waals surface area contributed by atoms with Crippen molar-refractivity contribution in [3.8, 4) is 5.75 Å². The molecular weight excluding hydrogens is 298 g/mol. The van der Waals surface area contributed by atoms with Gasteiger partial charge in [-0.2, -0.15) is 0 Å². The van der Waals surface area contributed by atoms with Gasteiger partial charge in [-0.1, -0.05) is 48.5 Å². The molecule has 2 aromatic carbocycles. The molecule has 3 nitrogen and oxygen atoms in total. The zero-order valence-corrected chi connectivity index (χ0v) is 13.8. The number of nitrogens with zero attached hydrogens (tertiary/aromatic N) is 1. The quantitative estimate of drug-likeness (QED) is 0.797. The molecule has 1 aliphatic heterocycles. The minimum atomic E-state index is 0.0428. The average molecular weight is 319 g/mol. The maximum atomic E-state index is 12.3. The fourth-order valence-corrected chi connectivity index (χ4v) is 2.80. The van der Waals surface area contributed by atoms with Crippen LogP contribution < -0.4 is 4.74 Å². The van der Waals surface area contributed by atoms with E-state index in [0.717, 1.165) is 24.3 Å². The summed E-state index contributed by atoms with van der Waals surface area (Å²) in [5.74, 6) is 0.833. The predicted octanol–water partition coefficient (Wildman–Crippen LogP) is 4.02. The Balaban J connectivity index is 1.62. The fraction of sp³-hybridized carbons (Fsp3) is 0.190. The van der Waals surface area contributed by atoms with Crippen LogP contribution in [0, 0.1) is 0 Å². The van der Waals surface area contributed by atoms with E-state index in [1.165, 1.54) is 11.1 Å². The Morgan fingerprint density at radius 1 is 1.12 bits per heavy atom. The van der Waals surface area contributed by atoms with Gasteiger partial charge in [-0.25, -0.2) is 0 Å². The molecule has 0 spiro atoms. The second-order valence-electron chi connectivity index (χ2n) is 5.74. The first kappa shape index (κ1) is 16.1. The van der Waals surface area contributed by atoms with Crippen LogP contribution in [0.15, 0.2) is 66.7 Å². The topological polar surface area (TPSA) is 29.5 Å².